The molecule has 1 aliphatic heterocycles. The normalized spacial score (nSPS) is 23.1. The zero-order chi connectivity index (χ0) is 31.8. The first-order chi connectivity index (χ1) is 22.3. The van der Waals surface area contributed by atoms with Gasteiger partial charge in [-0.15, -0.1) is 0 Å². The monoisotopic (exact) mass is 626 g/mol. The van der Waals surface area contributed by atoms with Crippen LogP contribution in [0.5, 0.6) is 0 Å². The average molecular weight is 627 g/mol. The van der Waals surface area contributed by atoms with E-state index < -0.39 is 12.0 Å². The Bertz CT molecular complexity index is 1790. The van der Waals surface area contributed by atoms with E-state index in [1.54, 1.807) is 6.33 Å². The van der Waals surface area contributed by atoms with Gasteiger partial charge in [-0.05, 0) is 75.0 Å². The molecule has 4 aromatic rings. The second-order valence-electron chi connectivity index (χ2n) is 12.9. The number of rotatable bonds is 10. The third kappa shape index (κ3) is 5.77. The number of aliphatic hydroxyl groups is 2. The Morgan fingerprint density at radius 2 is 1.83 bits per heavy atom. The number of aromatic nitrogens is 4. The van der Waals surface area contributed by atoms with Crippen molar-refractivity contribution in [2.45, 2.75) is 108 Å². The van der Waals surface area contributed by atoms with Crippen molar-refractivity contribution in [1.29, 1.82) is 0 Å². The van der Waals surface area contributed by atoms with E-state index in [-0.39, 0.29) is 23.8 Å². The second kappa shape index (κ2) is 12.7. The summed E-state index contributed by atoms with van der Waals surface area (Å²) in [5, 5.41) is 25.0. The Balaban J connectivity index is 1.15. The minimum atomic E-state index is -1.23. The van der Waals surface area contributed by atoms with Gasteiger partial charge < -0.3 is 14.9 Å². The van der Waals surface area contributed by atoms with Gasteiger partial charge in [-0.2, -0.15) is 10.1 Å². The number of benzene rings is 2. The molecular weight excluding hydrogens is 584 g/mol. The summed E-state index contributed by atoms with van der Waals surface area (Å²) in [6.07, 6.45) is 8.25. The quantitative estimate of drug-likeness (QED) is 0.235. The van der Waals surface area contributed by atoms with Crippen molar-refractivity contribution in [1.82, 2.24) is 24.6 Å². The van der Waals surface area contributed by atoms with Crippen molar-refractivity contribution < 1.29 is 19.8 Å². The van der Waals surface area contributed by atoms with Gasteiger partial charge in [-0.3, -0.25) is 9.36 Å². The summed E-state index contributed by atoms with van der Waals surface area (Å²) in [5.74, 6) is 1.08. The van der Waals surface area contributed by atoms with Crippen LogP contribution in [0.25, 0.3) is 16.9 Å². The van der Waals surface area contributed by atoms with Crippen molar-refractivity contribution in [3.8, 4) is 11.1 Å². The Hall–Kier alpha value is -3.90. The van der Waals surface area contributed by atoms with E-state index in [2.05, 4.69) is 51.7 Å². The first-order valence-corrected chi connectivity index (χ1v) is 16.5. The number of hydrogen-bond donors (Lipinski definition) is 3. The van der Waals surface area contributed by atoms with Crippen LogP contribution in [-0.2, 0) is 22.4 Å². The molecule has 2 aromatic heterocycles. The highest BCUT2D eigenvalue weighted by Crippen LogP contribution is 2.39. The van der Waals surface area contributed by atoms with Gasteiger partial charge in [-0.1, -0.05) is 61.9 Å². The molecule has 3 aliphatic rings. The van der Waals surface area contributed by atoms with Gasteiger partial charge in [0.2, 0.25) is 5.78 Å². The molecule has 2 aliphatic carbocycles. The fraction of sp³-hybridized carbons (Fsp3) is 0.486. The molecule has 46 heavy (non-hydrogen) atoms. The summed E-state index contributed by atoms with van der Waals surface area (Å²) >= 11 is 0. The third-order valence-electron chi connectivity index (χ3n) is 10.0. The standard InChI is InChI=1S/C35H42N6O5/c1-3-7-30-29(20-23-10-12-24(13-11-23)27-8-4-5-9-28(27)31-38-34(43)46-39-31)32(42)40(33-36-21-37-41(30)33)25-14-16-26(17-15-25)45-22(2)35(44)18-6-19-35/h4-5,8-13,21-22,25-26,34,43-44H,3,6-7,14-20H2,1-2H3,(H,38,39). The molecule has 11 heteroatoms. The predicted molar refractivity (Wildman–Crippen MR) is 173 cm³/mol. The van der Waals surface area contributed by atoms with Gasteiger partial charge in [0.25, 0.3) is 12.0 Å². The van der Waals surface area contributed by atoms with E-state index >= 15 is 0 Å². The third-order valence-corrected chi connectivity index (χ3v) is 10.0. The molecule has 0 radical (unpaired) electrons. The zero-order valence-electron chi connectivity index (χ0n) is 26.4. The van der Waals surface area contributed by atoms with Gasteiger partial charge in [0.15, 0.2) is 5.84 Å². The molecule has 2 fully saturated rings. The van der Waals surface area contributed by atoms with Crippen LogP contribution in [0.4, 0.5) is 0 Å². The van der Waals surface area contributed by atoms with Crippen molar-refractivity contribution in [2.75, 3.05) is 0 Å². The Labute approximate surface area is 267 Å². The summed E-state index contributed by atoms with van der Waals surface area (Å²) in [6, 6.07) is 16.0. The molecule has 2 unspecified atom stereocenters. The maximum Gasteiger partial charge on any atom is 0.280 e. The Morgan fingerprint density at radius 1 is 1.09 bits per heavy atom. The summed E-state index contributed by atoms with van der Waals surface area (Å²) < 4.78 is 10.1. The topological polar surface area (TPSA) is 136 Å². The van der Waals surface area contributed by atoms with Gasteiger partial charge in [-0.25, -0.2) is 19.8 Å². The van der Waals surface area contributed by atoms with Gasteiger partial charge in [0, 0.05) is 23.6 Å². The zero-order valence-corrected chi connectivity index (χ0v) is 26.4. The average Bonchev–Trinajstić information content (AvgIpc) is 3.72. The van der Waals surface area contributed by atoms with Crippen LogP contribution in [0, 0.1) is 0 Å². The maximum atomic E-state index is 14.4. The molecule has 11 nitrogen and oxygen atoms in total. The van der Waals surface area contributed by atoms with Gasteiger partial charge >= 0.3 is 0 Å². The number of nitrogens with one attached hydrogen (secondary N) is 1. The minimum absolute atomic E-state index is 0.00349. The van der Waals surface area contributed by atoms with Crippen LogP contribution in [0.1, 0.15) is 93.6 Å². The molecule has 3 heterocycles. The molecule has 2 aromatic carbocycles. The lowest BCUT2D eigenvalue weighted by molar-refractivity contribution is -0.167. The highest BCUT2D eigenvalue weighted by molar-refractivity contribution is 6.04. The first kappa shape index (κ1) is 30.7. The fourth-order valence-corrected chi connectivity index (χ4v) is 7.22. The lowest BCUT2D eigenvalue weighted by Gasteiger charge is -2.43. The molecule has 242 valence electrons. The van der Waals surface area contributed by atoms with Crippen molar-refractivity contribution in [3.63, 3.8) is 0 Å². The van der Waals surface area contributed by atoms with Crippen LogP contribution in [0.15, 0.2) is 64.6 Å². The minimum Gasteiger partial charge on any atom is -0.387 e. The predicted octanol–water partition coefficient (Wildman–Crippen LogP) is 4.46. The number of amidine groups is 1. The number of hydrogen-bond acceptors (Lipinski definition) is 9. The maximum absolute atomic E-state index is 14.4. The largest absolute Gasteiger partial charge is 0.387 e. The number of fused-ring (bicyclic) bond motifs is 1. The molecule has 0 amide bonds. The molecular formula is C35H42N6O5. The van der Waals surface area contributed by atoms with Crippen molar-refractivity contribution in [2.24, 2.45) is 4.99 Å². The van der Waals surface area contributed by atoms with E-state index in [1.165, 1.54) is 0 Å². The van der Waals surface area contributed by atoms with Crippen molar-refractivity contribution >= 4 is 11.6 Å². The van der Waals surface area contributed by atoms with E-state index in [0.29, 0.717) is 18.0 Å². The van der Waals surface area contributed by atoms with E-state index in [0.717, 1.165) is 91.3 Å². The summed E-state index contributed by atoms with van der Waals surface area (Å²) in [6.45, 7) is 4.10. The van der Waals surface area contributed by atoms with Gasteiger partial charge in [0.1, 0.15) is 6.33 Å². The molecule has 0 saturated heterocycles. The number of aliphatic imine (C=N–C) groups is 1. The van der Waals surface area contributed by atoms with Crippen LogP contribution in [0.2, 0.25) is 0 Å². The van der Waals surface area contributed by atoms with Crippen molar-refractivity contribution in [3.05, 3.63) is 87.6 Å². The summed E-state index contributed by atoms with van der Waals surface area (Å²) in [7, 11) is 0. The number of hydroxylamine groups is 1. The van der Waals surface area contributed by atoms with Crippen LogP contribution < -0.4 is 11.0 Å². The van der Waals surface area contributed by atoms with E-state index in [9.17, 15) is 15.0 Å². The first-order valence-electron chi connectivity index (χ1n) is 16.5. The highest BCUT2D eigenvalue weighted by atomic mass is 16.7. The Kier molecular flexibility index (Phi) is 8.50. The number of nitrogens with zero attached hydrogens (tertiary/aromatic N) is 5. The number of aryl methyl sites for hydroxylation is 1. The fourth-order valence-electron chi connectivity index (χ4n) is 7.22. The van der Waals surface area contributed by atoms with Gasteiger partial charge in [0.05, 0.1) is 23.5 Å². The molecule has 0 spiro atoms. The Morgan fingerprint density at radius 3 is 2.48 bits per heavy atom. The lowest BCUT2D eigenvalue weighted by atomic mass is 9.76. The summed E-state index contributed by atoms with van der Waals surface area (Å²) in [4.78, 5) is 28.1. The van der Waals surface area contributed by atoms with Crippen LogP contribution in [-0.4, -0.2) is 59.4 Å². The van der Waals surface area contributed by atoms with E-state index in [4.69, 9.17) is 9.57 Å². The molecule has 0 bridgehead atoms. The van der Waals surface area contributed by atoms with E-state index in [1.807, 2.05) is 40.3 Å². The molecule has 2 saturated carbocycles. The van der Waals surface area contributed by atoms with Crippen LogP contribution >= 0.6 is 0 Å². The second-order valence-corrected chi connectivity index (χ2v) is 12.9. The SMILES string of the molecule is CCCc1c(Cc2ccc(-c3ccccc3C3=NC(O)ON3)cc2)c(=O)n(C2CCC(OC(C)C3(O)CCC3)CC2)c2ncnn12. The molecule has 2 atom stereocenters. The summed E-state index contributed by atoms with van der Waals surface area (Å²) in [5.41, 5.74) is 7.47. The smallest absolute Gasteiger partial charge is 0.280 e. The number of ether oxygens (including phenoxy) is 1. The number of aliphatic hydroxyl groups excluding tert-OH is 1. The molecule has 3 N–H and O–H groups in total. The lowest BCUT2D eigenvalue weighted by Crippen LogP contribution is -2.49. The highest BCUT2D eigenvalue weighted by Gasteiger charge is 2.42. The van der Waals surface area contributed by atoms with Crippen LogP contribution in [0.3, 0.4) is 0 Å². The molecule has 7 rings (SSSR count).